The molecule has 1 aliphatic rings. The molecule has 150 valence electrons. The van der Waals surface area contributed by atoms with Gasteiger partial charge in [0.05, 0.1) is 4.91 Å². The van der Waals surface area contributed by atoms with Crippen molar-refractivity contribution in [1.29, 1.82) is 0 Å². The Labute approximate surface area is 179 Å². The number of nitrogens with one attached hydrogen (secondary N) is 1. The first-order valence-corrected chi connectivity index (χ1v) is 10.5. The Hall–Kier alpha value is -2.57. The second-order valence-corrected chi connectivity index (χ2v) is 8.00. The summed E-state index contributed by atoms with van der Waals surface area (Å²) in [5.41, 5.74) is 2.00. The molecule has 5 nitrogen and oxygen atoms in total. The summed E-state index contributed by atoms with van der Waals surface area (Å²) in [4.78, 5) is 38.1. The van der Waals surface area contributed by atoms with Gasteiger partial charge in [-0.05, 0) is 53.9 Å². The molecule has 0 radical (unpaired) electrons. The fourth-order valence-electron chi connectivity index (χ4n) is 2.90. The maximum Gasteiger partial charge on any atom is 0.293 e. The van der Waals surface area contributed by atoms with Crippen LogP contribution in [0.5, 0.6) is 0 Å². The van der Waals surface area contributed by atoms with Gasteiger partial charge in [0, 0.05) is 24.5 Å². The molecule has 1 N–H and O–H groups in total. The lowest BCUT2D eigenvalue weighted by Crippen LogP contribution is -2.37. The highest BCUT2D eigenvalue weighted by Gasteiger charge is 2.34. The van der Waals surface area contributed by atoms with Crippen LogP contribution in [-0.2, 0) is 16.0 Å². The van der Waals surface area contributed by atoms with Gasteiger partial charge in [-0.25, -0.2) is 0 Å². The zero-order chi connectivity index (χ0) is 20.6. The average molecular weight is 429 g/mol. The van der Waals surface area contributed by atoms with Crippen molar-refractivity contribution in [3.63, 3.8) is 0 Å². The summed E-state index contributed by atoms with van der Waals surface area (Å²) in [6, 6.07) is 17.0. The van der Waals surface area contributed by atoms with Gasteiger partial charge >= 0.3 is 0 Å². The first-order chi connectivity index (χ1) is 14.0. The lowest BCUT2D eigenvalue weighted by molar-refractivity contribution is -0.124. The number of carbonyl (C=O) groups excluding carboxylic acids is 3. The molecule has 7 heteroatoms. The van der Waals surface area contributed by atoms with E-state index in [4.69, 9.17) is 11.6 Å². The lowest BCUT2D eigenvalue weighted by Gasteiger charge is -2.13. The van der Waals surface area contributed by atoms with Gasteiger partial charge in [0.15, 0.2) is 0 Å². The molecule has 0 atom stereocenters. The number of hydrogen-bond donors (Lipinski definition) is 1. The van der Waals surface area contributed by atoms with Gasteiger partial charge in [-0.15, -0.1) is 0 Å². The van der Waals surface area contributed by atoms with Gasteiger partial charge in [-0.2, -0.15) is 0 Å². The molecule has 0 aliphatic carbocycles. The summed E-state index contributed by atoms with van der Waals surface area (Å²) >= 11 is 6.76. The van der Waals surface area contributed by atoms with Crippen LogP contribution >= 0.6 is 23.4 Å². The van der Waals surface area contributed by atoms with E-state index in [1.54, 1.807) is 30.3 Å². The number of aryl methyl sites for hydroxylation is 1. The molecule has 3 rings (SSSR count). The zero-order valence-electron chi connectivity index (χ0n) is 15.8. The predicted octanol–water partition coefficient (Wildman–Crippen LogP) is 4.52. The summed E-state index contributed by atoms with van der Waals surface area (Å²) in [5, 5.41) is 3.06. The Balaban J connectivity index is 1.43. The molecule has 2 aromatic rings. The third-order valence-corrected chi connectivity index (χ3v) is 5.57. The van der Waals surface area contributed by atoms with Gasteiger partial charge in [0.1, 0.15) is 0 Å². The van der Waals surface area contributed by atoms with Crippen molar-refractivity contribution in [3.05, 3.63) is 75.7 Å². The number of carbonyl (C=O) groups is 3. The third kappa shape index (κ3) is 6.21. The largest absolute Gasteiger partial charge is 0.354 e. The fourth-order valence-corrected chi connectivity index (χ4v) is 3.89. The van der Waals surface area contributed by atoms with E-state index in [2.05, 4.69) is 5.32 Å². The van der Waals surface area contributed by atoms with Crippen LogP contribution in [0.1, 0.15) is 24.0 Å². The van der Waals surface area contributed by atoms with Crippen molar-refractivity contribution in [3.8, 4) is 0 Å². The van der Waals surface area contributed by atoms with Crippen LogP contribution in [0.25, 0.3) is 6.08 Å². The molecular formula is C22H21ClN2O3S. The summed E-state index contributed by atoms with van der Waals surface area (Å²) in [6.45, 7) is 0.406. The van der Waals surface area contributed by atoms with E-state index in [1.165, 1.54) is 5.56 Å². The first-order valence-electron chi connectivity index (χ1n) is 9.34. The minimum absolute atomic E-state index is 0.0791. The third-order valence-electron chi connectivity index (χ3n) is 4.41. The maximum absolute atomic E-state index is 12.5. The summed E-state index contributed by atoms with van der Waals surface area (Å²) in [5.74, 6) is -0.419. The molecule has 29 heavy (non-hydrogen) atoms. The molecule has 1 saturated heterocycles. The van der Waals surface area contributed by atoms with Gasteiger partial charge in [-0.1, -0.05) is 54.1 Å². The number of amides is 3. The van der Waals surface area contributed by atoms with E-state index in [1.807, 2.05) is 30.3 Å². The molecule has 1 fully saturated rings. The molecule has 0 aromatic heterocycles. The molecule has 0 unspecified atom stereocenters. The van der Waals surface area contributed by atoms with Crippen molar-refractivity contribution >= 4 is 46.5 Å². The number of thioether (sulfide) groups is 1. The molecule has 2 aromatic carbocycles. The van der Waals surface area contributed by atoms with Crippen LogP contribution in [0.4, 0.5) is 4.79 Å². The Bertz CT molecular complexity index is 913. The minimum atomic E-state index is -0.340. The van der Waals surface area contributed by atoms with E-state index in [9.17, 15) is 14.4 Å². The fraction of sp³-hybridized carbons (Fsp3) is 0.227. The van der Waals surface area contributed by atoms with Crippen molar-refractivity contribution < 1.29 is 14.4 Å². The van der Waals surface area contributed by atoms with Crippen LogP contribution in [-0.4, -0.2) is 35.0 Å². The summed E-state index contributed by atoms with van der Waals surface area (Å²) in [6.07, 6.45) is 3.67. The Morgan fingerprint density at radius 1 is 1.07 bits per heavy atom. The highest BCUT2D eigenvalue weighted by molar-refractivity contribution is 8.18. The van der Waals surface area contributed by atoms with Crippen molar-refractivity contribution in [2.45, 2.75) is 19.3 Å². The molecule has 0 bridgehead atoms. The first kappa shape index (κ1) is 21.1. The maximum atomic E-state index is 12.5. The van der Waals surface area contributed by atoms with Crippen LogP contribution in [0, 0.1) is 0 Å². The standard InChI is InChI=1S/C22H21ClN2O3S/c23-18-11-9-17(10-12-18)15-19-21(27)25(22(28)29-19)14-13-24-20(26)8-4-7-16-5-2-1-3-6-16/h1-3,5-6,9-12,15H,4,7-8,13-14H2,(H,24,26)/b19-15-. The van der Waals surface area contributed by atoms with Gasteiger partial charge < -0.3 is 5.32 Å². The molecule has 3 amide bonds. The summed E-state index contributed by atoms with van der Waals surface area (Å²) in [7, 11) is 0. The van der Waals surface area contributed by atoms with Crippen molar-refractivity contribution in [2.75, 3.05) is 13.1 Å². The normalized spacial score (nSPS) is 15.2. The Morgan fingerprint density at radius 2 is 1.79 bits per heavy atom. The molecular weight excluding hydrogens is 408 g/mol. The number of nitrogens with zero attached hydrogens (tertiary/aromatic N) is 1. The molecule has 0 spiro atoms. The SMILES string of the molecule is O=C(CCCc1ccccc1)NCCN1C(=O)S/C(=C\c2ccc(Cl)cc2)C1=O. The second-order valence-electron chi connectivity index (χ2n) is 6.57. The number of hydrogen-bond acceptors (Lipinski definition) is 4. The second kappa shape index (κ2) is 10.3. The zero-order valence-corrected chi connectivity index (χ0v) is 17.3. The minimum Gasteiger partial charge on any atom is -0.354 e. The van der Waals surface area contributed by atoms with Crippen LogP contribution in [0.15, 0.2) is 59.5 Å². The van der Waals surface area contributed by atoms with E-state index >= 15 is 0 Å². The monoisotopic (exact) mass is 428 g/mol. The number of benzene rings is 2. The number of halogens is 1. The van der Waals surface area contributed by atoms with E-state index < -0.39 is 0 Å². The average Bonchev–Trinajstić information content (AvgIpc) is 2.98. The highest BCUT2D eigenvalue weighted by atomic mass is 35.5. The van der Waals surface area contributed by atoms with Gasteiger partial charge in [0.25, 0.3) is 11.1 Å². The van der Waals surface area contributed by atoms with Crippen LogP contribution in [0.3, 0.4) is 0 Å². The van der Waals surface area contributed by atoms with Crippen molar-refractivity contribution in [2.24, 2.45) is 0 Å². The smallest absolute Gasteiger partial charge is 0.293 e. The summed E-state index contributed by atoms with van der Waals surface area (Å²) < 4.78 is 0. The van der Waals surface area contributed by atoms with Crippen LogP contribution in [0.2, 0.25) is 5.02 Å². The highest BCUT2D eigenvalue weighted by Crippen LogP contribution is 2.32. The lowest BCUT2D eigenvalue weighted by atomic mass is 10.1. The van der Waals surface area contributed by atoms with E-state index in [0.29, 0.717) is 16.3 Å². The quantitative estimate of drug-likeness (QED) is 0.628. The van der Waals surface area contributed by atoms with Gasteiger partial charge in [0.2, 0.25) is 5.91 Å². The molecule has 1 heterocycles. The number of rotatable bonds is 8. The number of imide groups is 1. The Morgan fingerprint density at radius 3 is 2.52 bits per heavy atom. The van der Waals surface area contributed by atoms with Gasteiger partial charge in [-0.3, -0.25) is 19.3 Å². The van der Waals surface area contributed by atoms with Crippen molar-refractivity contribution in [1.82, 2.24) is 10.2 Å². The molecule has 1 aliphatic heterocycles. The Kier molecular flexibility index (Phi) is 7.49. The van der Waals surface area contributed by atoms with E-state index in [0.717, 1.165) is 35.1 Å². The predicted molar refractivity (Wildman–Crippen MR) is 117 cm³/mol. The molecule has 0 saturated carbocycles. The van der Waals surface area contributed by atoms with E-state index in [-0.39, 0.29) is 30.1 Å². The van der Waals surface area contributed by atoms with Crippen LogP contribution < -0.4 is 5.32 Å². The topological polar surface area (TPSA) is 66.5 Å².